The van der Waals surface area contributed by atoms with Crippen molar-refractivity contribution in [2.75, 3.05) is 0 Å². The largest absolute Gasteiger partial charge is 0.393 e. The molecule has 4 fully saturated rings. The van der Waals surface area contributed by atoms with Crippen LogP contribution in [0.4, 0.5) is 0 Å². The fourth-order valence-electron chi connectivity index (χ4n) is 7.23. The van der Waals surface area contributed by atoms with Gasteiger partial charge < -0.3 is 5.11 Å². The van der Waals surface area contributed by atoms with Crippen LogP contribution in [0.2, 0.25) is 0 Å². The van der Waals surface area contributed by atoms with Gasteiger partial charge in [0.2, 0.25) is 0 Å². The Hall–Kier alpha value is -0.0400. The van der Waals surface area contributed by atoms with Crippen molar-refractivity contribution in [1.82, 2.24) is 0 Å². The van der Waals surface area contributed by atoms with Crippen LogP contribution in [0.3, 0.4) is 0 Å². The summed E-state index contributed by atoms with van der Waals surface area (Å²) in [6.45, 7) is 5.19. The summed E-state index contributed by atoms with van der Waals surface area (Å²) in [5, 5.41) is 10.0. The van der Waals surface area contributed by atoms with Gasteiger partial charge in [-0.2, -0.15) is 0 Å². The van der Waals surface area contributed by atoms with Crippen LogP contribution in [0, 0.1) is 34.5 Å². The fraction of sp³-hybridized carbons (Fsp3) is 1.00. The summed E-state index contributed by atoms with van der Waals surface area (Å²) in [6.07, 6.45) is 13.8. The third-order valence-electron chi connectivity index (χ3n) is 8.42. The maximum absolute atomic E-state index is 10.0. The summed E-state index contributed by atoms with van der Waals surface area (Å²) in [5.74, 6) is 3.85. The third-order valence-corrected chi connectivity index (χ3v) is 8.42. The van der Waals surface area contributed by atoms with E-state index in [0.29, 0.717) is 10.8 Å². The molecular formula is C19H32O. The number of aliphatic hydroxyl groups excluding tert-OH is 1. The van der Waals surface area contributed by atoms with E-state index in [-0.39, 0.29) is 6.10 Å². The third kappa shape index (κ3) is 1.77. The molecule has 114 valence electrons. The second-order valence-electron chi connectivity index (χ2n) is 9.17. The molecule has 0 aromatic carbocycles. The molecule has 1 heteroatoms. The molecule has 0 heterocycles. The van der Waals surface area contributed by atoms with Gasteiger partial charge in [0.15, 0.2) is 0 Å². The van der Waals surface area contributed by atoms with Gasteiger partial charge in [0.25, 0.3) is 0 Å². The Morgan fingerprint density at radius 1 is 0.850 bits per heavy atom. The Bertz CT molecular complexity index is 391. The molecule has 0 saturated heterocycles. The molecule has 7 atom stereocenters. The SMILES string of the molecule is CC12CCCC1C1CCC3C[C@@H](O)CC[C@]3(C)C1CC2. The number of aliphatic hydroxyl groups is 1. The zero-order valence-corrected chi connectivity index (χ0v) is 13.4. The first kappa shape index (κ1) is 13.6. The zero-order chi connectivity index (χ0) is 14.0. The van der Waals surface area contributed by atoms with Crippen LogP contribution < -0.4 is 0 Å². The molecule has 4 aliphatic rings. The summed E-state index contributed by atoms with van der Waals surface area (Å²) in [6, 6.07) is 0. The van der Waals surface area contributed by atoms with Crippen LogP contribution in [0.25, 0.3) is 0 Å². The van der Waals surface area contributed by atoms with Crippen molar-refractivity contribution in [3.8, 4) is 0 Å². The minimum Gasteiger partial charge on any atom is -0.393 e. The molecular weight excluding hydrogens is 244 g/mol. The summed E-state index contributed by atoms with van der Waals surface area (Å²) >= 11 is 0. The lowest BCUT2D eigenvalue weighted by Crippen LogP contribution is -2.53. The van der Waals surface area contributed by atoms with Crippen molar-refractivity contribution in [3.63, 3.8) is 0 Å². The molecule has 1 nitrogen and oxygen atoms in total. The molecule has 4 saturated carbocycles. The van der Waals surface area contributed by atoms with E-state index in [1.165, 1.54) is 51.4 Å². The van der Waals surface area contributed by atoms with E-state index in [2.05, 4.69) is 13.8 Å². The van der Waals surface area contributed by atoms with E-state index in [9.17, 15) is 5.11 Å². The average molecular weight is 276 g/mol. The molecule has 1 N–H and O–H groups in total. The van der Waals surface area contributed by atoms with Gasteiger partial charge in [0.1, 0.15) is 0 Å². The van der Waals surface area contributed by atoms with Gasteiger partial charge in [-0.25, -0.2) is 0 Å². The standard InChI is InChI=1S/C19H32O/c1-18-9-3-4-16(18)15-6-5-13-12-14(20)7-11-19(13,2)17(15)8-10-18/h13-17,20H,3-12H2,1-2H3/t13?,14-,15?,16?,17?,18?,19-/m0/s1. The van der Waals surface area contributed by atoms with Crippen LogP contribution in [-0.4, -0.2) is 11.2 Å². The first-order chi connectivity index (χ1) is 9.53. The highest BCUT2D eigenvalue weighted by Gasteiger charge is 2.57. The first-order valence-electron chi connectivity index (χ1n) is 9.21. The second-order valence-corrected chi connectivity index (χ2v) is 9.17. The molecule has 0 amide bonds. The van der Waals surface area contributed by atoms with Gasteiger partial charge >= 0.3 is 0 Å². The maximum Gasteiger partial charge on any atom is 0.0543 e. The van der Waals surface area contributed by atoms with Crippen molar-refractivity contribution in [2.24, 2.45) is 34.5 Å². The smallest absolute Gasteiger partial charge is 0.0543 e. The van der Waals surface area contributed by atoms with Crippen LogP contribution in [-0.2, 0) is 0 Å². The van der Waals surface area contributed by atoms with Gasteiger partial charge in [0, 0.05) is 0 Å². The minimum atomic E-state index is 0.00459. The predicted molar refractivity (Wildman–Crippen MR) is 82.4 cm³/mol. The Kier molecular flexibility index (Phi) is 3.05. The Balaban J connectivity index is 1.62. The van der Waals surface area contributed by atoms with Gasteiger partial charge in [0.05, 0.1) is 6.10 Å². The molecule has 0 aliphatic heterocycles. The molecule has 0 aromatic rings. The van der Waals surface area contributed by atoms with Gasteiger partial charge in [-0.3, -0.25) is 0 Å². The molecule has 4 rings (SSSR count). The van der Waals surface area contributed by atoms with Crippen LogP contribution >= 0.6 is 0 Å². The van der Waals surface area contributed by atoms with Crippen LogP contribution in [0.5, 0.6) is 0 Å². The first-order valence-corrected chi connectivity index (χ1v) is 9.21. The average Bonchev–Trinajstić information content (AvgIpc) is 2.81. The lowest BCUT2D eigenvalue weighted by Gasteiger charge is -2.60. The molecule has 20 heavy (non-hydrogen) atoms. The highest BCUT2D eigenvalue weighted by Crippen LogP contribution is 2.66. The molecule has 4 aliphatic carbocycles. The Morgan fingerprint density at radius 2 is 1.70 bits per heavy atom. The molecule has 0 radical (unpaired) electrons. The molecule has 0 aromatic heterocycles. The number of fused-ring (bicyclic) bond motifs is 5. The lowest BCUT2D eigenvalue weighted by molar-refractivity contribution is -0.120. The summed E-state index contributed by atoms with van der Waals surface area (Å²) in [7, 11) is 0. The summed E-state index contributed by atoms with van der Waals surface area (Å²) in [4.78, 5) is 0. The monoisotopic (exact) mass is 276 g/mol. The molecule has 5 unspecified atom stereocenters. The van der Waals surface area contributed by atoms with Gasteiger partial charge in [-0.15, -0.1) is 0 Å². The predicted octanol–water partition coefficient (Wildman–Crippen LogP) is 4.78. The van der Waals surface area contributed by atoms with E-state index < -0.39 is 0 Å². The van der Waals surface area contributed by atoms with E-state index in [1.54, 1.807) is 0 Å². The van der Waals surface area contributed by atoms with Crippen LogP contribution in [0.15, 0.2) is 0 Å². The van der Waals surface area contributed by atoms with Crippen molar-refractivity contribution < 1.29 is 5.11 Å². The lowest BCUT2D eigenvalue weighted by atomic mass is 9.45. The number of hydrogen-bond acceptors (Lipinski definition) is 1. The van der Waals surface area contributed by atoms with Crippen LogP contribution in [0.1, 0.15) is 78.1 Å². The topological polar surface area (TPSA) is 20.2 Å². The fourth-order valence-corrected chi connectivity index (χ4v) is 7.23. The van der Waals surface area contributed by atoms with Crippen molar-refractivity contribution in [2.45, 2.75) is 84.2 Å². The number of hydrogen-bond donors (Lipinski definition) is 1. The van der Waals surface area contributed by atoms with Crippen molar-refractivity contribution in [3.05, 3.63) is 0 Å². The van der Waals surface area contributed by atoms with Gasteiger partial charge in [-0.1, -0.05) is 20.3 Å². The van der Waals surface area contributed by atoms with Crippen molar-refractivity contribution >= 4 is 0 Å². The minimum absolute atomic E-state index is 0.00459. The van der Waals surface area contributed by atoms with E-state index in [1.807, 2.05) is 0 Å². The highest BCUT2D eigenvalue weighted by molar-refractivity contribution is 5.07. The zero-order valence-electron chi connectivity index (χ0n) is 13.4. The second kappa shape index (κ2) is 4.48. The van der Waals surface area contributed by atoms with E-state index in [0.717, 1.165) is 36.5 Å². The molecule has 0 bridgehead atoms. The highest BCUT2D eigenvalue weighted by atomic mass is 16.3. The Morgan fingerprint density at radius 3 is 2.55 bits per heavy atom. The quantitative estimate of drug-likeness (QED) is 0.675. The van der Waals surface area contributed by atoms with E-state index in [4.69, 9.17) is 0 Å². The van der Waals surface area contributed by atoms with Gasteiger partial charge in [-0.05, 0) is 92.3 Å². The summed E-state index contributed by atoms with van der Waals surface area (Å²) < 4.78 is 0. The maximum atomic E-state index is 10.0. The number of rotatable bonds is 0. The van der Waals surface area contributed by atoms with E-state index >= 15 is 0 Å². The Labute approximate surface area is 124 Å². The normalized spacial score (nSPS) is 58.6. The summed E-state index contributed by atoms with van der Waals surface area (Å²) in [5.41, 5.74) is 1.25. The molecule has 0 spiro atoms. The van der Waals surface area contributed by atoms with Crippen molar-refractivity contribution in [1.29, 1.82) is 0 Å².